The van der Waals surface area contributed by atoms with Crippen molar-refractivity contribution in [3.63, 3.8) is 0 Å². The van der Waals surface area contributed by atoms with Gasteiger partial charge in [0.2, 0.25) is 0 Å². The molecule has 1 saturated carbocycles. The van der Waals surface area contributed by atoms with Crippen LogP contribution < -0.4 is 11.5 Å². The largest absolute Gasteiger partial charge is 4.00 e. The van der Waals surface area contributed by atoms with Crippen LogP contribution in [0.25, 0.3) is 0 Å². The third-order valence-corrected chi connectivity index (χ3v) is 2.78. The second-order valence-corrected chi connectivity index (χ2v) is 3.47. The van der Waals surface area contributed by atoms with Gasteiger partial charge >= 0.3 is 21.1 Å². The summed E-state index contributed by atoms with van der Waals surface area (Å²) < 4.78 is 0. The minimum Gasteiger partial charge on any atom is -0.330 e. The van der Waals surface area contributed by atoms with Crippen LogP contribution in [-0.4, -0.2) is 13.1 Å². The van der Waals surface area contributed by atoms with Crippen molar-refractivity contribution < 1.29 is 21.1 Å². The molecule has 0 aliphatic heterocycles. The van der Waals surface area contributed by atoms with Gasteiger partial charge in [-0.3, -0.25) is 0 Å². The van der Waals surface area contributed by atoms with Crippen molar-refractivity contribution in [2.75, 3.05) is 13.1 Å². The molecule has 0 aromatic carbocycles. The number of nitrogens with two attached hydrogens (primary N) is 2. The minimum absolute atomic E-state index is 0. The molecular formula is C8H18N2Pt+4. The van der Waals surface area contributed by atoms with Crippen LogP contribution in [0.3, 0.4) is 0 Å². The van der Waals surface area contributed by atoms with Crippen LogP contribution in [0.4, 0.5) is 0 Å². The molecule has 66 valence electrons. The first kappa shape index (κ1) is 11.6. The van der Waals surface area contributed by atoms with Crippen LogP contribution in [0.2, 0.25) is 0 Å². The predicted molar refractivity (Wildman–Crippen MR) is 43.6 cm³/mol. The summed E-state index contributed by atoms with van der Waals surface area (Å²) in [7, 11) is 0. The summed E-state index contributed by atoms with van der Waals surface area (Å²) in [4.78, 5) is 0. The third kappa shape index (κ3) is 2.85. The molecule has 11 heavy (non-hydrogen) atoms. The van der Waals surface area contributed by atoms with Gasteiger partial charge in [0.1, 0.15) is 0 Å². The maximum absolute atomic E-state index is 5.67. The summed E-state index contributed by atoms with van der Waals surface area (Å²) in [6, 6.07) is 0. The van der Waals surface area contributed by atoms with Gasteiger partial charge in [0.25, 0.3) is 0 Å². The van der Waals surface area contributed by atoms with E-state index in [1.165, 1.54) is 32.1 Å². The Morgan fingerprint density at radius 1 is 0.909 bits per heavy atom. The van der Waals surface area contributed by atoms with Crippen LogP contribution >= 0.6 is 0 Å². The molecule has 1 aliphatic carbocycles. The van der Waals surface area contributed by atoms with Crippen LogP contribution in [0.5, 0.6) is 0 Å². The number of hydrogen-bond acceptors (Lipinski definition) is 2. The van der Waals surface area contributed by atoms with Crippen LogP contribution in [0.1, 0.15) is 32.1 Å². The van der Waals surface area contributed by atoms with E-state index in [1.807, 2.05) is 0 Å². The Morgan fingerprint density at radius 2 is 1.36 bits per heavy atom. The Labute approximate surface area is 83.4 Å². The van der Waals surface area contributed by atoms with Crippen molar-refractivity contribution in [3.05, 3.63) is 0 Å². The molecule has 0 radical (unpaired) electrons. The summed E-state index contributed by atoms with van der Waals surface area (Å²) in [6.07, 6.45) is 6.53. The Kier molecular flexibility index (Phi) is 5.58. The second kappa shape index (κ2) is 5.29. The first-order valence-electron chi connectivity index (χ1n) is 4.23. The fourth-order valence-electron chi connectivity index (χ4n) is 1.79. The average molecular weight is 337 g/mol. The van der Waals surface area contributed by atoms with Gasteiger partial charge in [-0.2, -0.15) is 0 Å². The summed E-state index contributed by atoms with van der Waals surface area (Å²) in [6.45, 7) is 1.56. The second-order valence-electron chi connectivity index (χ2n) is 3.47. The van der Waals surface area contributed by atoms with Gasteiger partial charge in [-0.15, -0.1) is 0 Å². The van der Waals surface area contributed by atoms with E-state index in [2.05, 4.69) is 0 Å². The molecule has 1 rings (SSSR count). The summed E-state index contributed by atoms with van der Waals surface area (Å²) >= 11 is 0. The molecular weight excluding hydrogens is 319 g/mol. The average Bonchev–Trinajstić information content (AvgIpc) is 2.06. The summed E-state index contributed by atoms with van der Waals surface area (Å²) in [5, 5.41) is 0. The van der Waals surface area contributed by atoms with E-state index in [0.717, 1.165) is 13.1 Å². The molecule has 4 N–H and O–H groups in total. The smallest absolute Gasteiger partial charge is 0.330 e. The predicted octanol–water partition coefficient (Wildman–Crippen LogP) is 0.852. The zero-order valence-corrected chi connectivity index (χ0v) is 9.19. The molecule has 1 fully saturated rings. The normalized spacial score (nSPS) is 22.4. The molecule has 0 amide bonds. The van der Waals surface area contributed by atoms with Crippen LogP contribution in [0, 0.1) is 5.41 Å². The first-order chi connectivity index (χ1) is 4.83. The molecule has 2 nitrogen and oxygen atoms in total. The van der Waals surface area contributed by atoms with Gasteiger partial charge in [0.05, 0.1) is 0 Å². The monoisotopic (exact) mass is 337 g/mol. The molecule has 0 atom stereocenters. The number of hydrogen-bond donors (Lipinski definition) is 2. The SMILES string of the molecule is NCC1(CN)CCCCC1.[Pt+4]. The standard InChI is InChI=1S/C8H18N2.Pt/c9-6-8(7-10)4-2-1-3-5-8;/h1-7,9-10H2;/q;+4. The molecule has 0 saturated heterocycles. The van der Waals surface area contributed by atoms with E-state index in [0.29, 0.717) is 5.41 Å². The Hall–Kier alpha value is 0.608. The van der Waals surface area contributed by atoms with Crippen molar-refractivity contribution in [2.45, 2.75) is 32.1 Å². The molecule has 0 bridgehead atoms. The van der Waals surface area contributed by atoms with Gasteiger partial charge < -0.3 is 11.5 Å². The molecule has 0 unspecified atom stereocenters. The maximum Gasteiger partial charge on any atom is 4.00 e. The van der Waals surface area contributed by atoms with Crippen molar-refractivity contribution in [1.29, 1.82) is 0 Å². The van der Waals surface area contributed by atoms with Crippen LogP contribution in [0.15, 0.2) is 0 Å². The van der Waals surface area contributed by atoms with Crippen LogP contribution in [-0.2, 0) is 21.1 Å². The van der Waals surface area contributed by atoms with Gasteiger partial charge in [-0.05, 0) is 31.3 Å². The summed E-state index contributed by atoms with van der Waals surface area (Å²) in [5.74, 6) is 0. The molecule has 0 heterocycles. The first-order valence-corrected chi connectivity index (χ1v) is 4.23. The zero-order chi connectivity index (χ0) is 7.45. The van der Waals surface area contributed by atoms with Gasteiger partial charge in [-0.25, -0.2) is 0 Å². The van der Waals surface area contributed by atoms with E-state index >= 15 is 0 Å². The van der Waals surface area contributed by atoms with Crippen molar-refractivity contribution in [2.24, 2.45) is 16.9 Å². The summed E-state index contributed by atoms with van der Waals surface area (Å²) in [5.41, 5.74) is 11.7. The molecule has 1 aliphatic rings. The van der Waals surface area contributed by atoms with Crippen molar-refractivity contribution >= 4 is 0 Å². The van der Waals surface area contributed by atoms with E-state index in [-0.39, 0.29) is 21.1 Å². The molecule has 0 spiro atoms. The Balaban J connectivity index is 0.000001000. The van der Waals surface area contributed by atoms with E-state index in [1.54, 1.807) is 0 Å². The molecule has 0 aromatic heterocycles. The van der Waals surface area contributed by atoms with Crippen molar-refractivity contribution in [1.82, 2.24) is 0 Å². The van der Waals surface area contributed by atoms with E-state index in [4.69, 9.17) is 11.5 Å². The van der Waals surface area contributed by atoms with Gasteiger partial charge in [0, 0.05) is 0 Å². The Morgan fingerprint density at radius 3 is 1.64 bits per heavy atom. The fraction of sp³-hybridized carbons (Fsp3) is 1.00. The zero-order valence-electron chi connectivity index (χ0n) is 6.92. The molecule has 0 aromatic rings. The van der Waals surface area contributed by atoms with E-state index in [9.17, 15) is 0 Å². The maximum atomic E-state index is 5.67. The van der Waals surface area contributed by atoms with Gasteiger partial charge in [0.15, 0.2) is 0 Å². The topological polar surface area (TPSA) is 52.0 Å². The fourth-order valence-corrected chi connectivity index (χ4v) is 1.79. The third-order valence-electron chi connectivity index (χ3n) is 2.78. The quantitative estimate of drug-likeness (QED) is 0.785. The minimum atomic E-state index is 0. The Bertz CT molecular complexity index is 94.3. The van der Waals surface area contributed by atoms with Crippen molar-refractivity contribution in [3.8, 4) is 0 Å². The van der Waals surface area contributed by atoms with Gasteiger partial charge in [-0.1, -0.05) is 19.3 Å². The number of rotatable bonds is 2. The van der Waals surface area contributed by atoms with E-state index < -0.39 is 0 Å². The molecule has 3 heteroatoms.